The summed E-state index contributed by atoms with van der Waals surface area (Å²) in [5.41, 5.74) is 1.74. The second-order valence-electron chi connectivity index (χ2n) is 7.81. The summed E-state index contributed by atoms with van der Waals surface area (Å²) in [5, 5.41) is 11.3. The molecule has 0 bridgehead atoms. The molecule has 1 saturated heterocycles. The Bertz CT molecular complexity index is 1280. The maximum atomic E-state index is 13.9. The van der Waals surface area contributed by atoms with Crippen molar-refractivity contribution in [2.45, 2.75) is 31.8 Å². The number of pyridine rings is 1. The largest absolute Gasteiger partial charge is 0.471 e. The average molecular weight is 481 g/mol. The van der Waals surface area contributed by atoms with Gasteiger partial charge in [-0.3, -0.25) is 0 Å². The van der Waals surface area contributed by atoms with Gasteiger partial charge in [0.2, 0.25) is 5.88 Å². The molecule has 1 aromatic carbocycles. The van der Waals surface area contributed by atoms with Crippen molar-refractivity contribution in [1.82, 2.24) is 9.97 Å². The van der Waals surface area contributed by atoms with Crippen LogP contribution in [0.15, 0.2) is 24.3 Å². The molecule has 2 aliphatic heterocycles. The molecular weight excluding hydrogens is 461 g/mol. The molecule has 10 heteroatoms. The van der Waals surface area contributed by atoms with E-state index in [1.807, 2.05) is 6.92 Å². The van der Waals surface area contributed by atoms with Crippen molar-refractivity contribution in [3.05, 3.63) is 52.0 Å². The number of benzene rings is 1. The Morgan fingerprint density at radius 2 is 2.12 bits per heavy atom. The number of rotatable bonds is 5. The van der Waals surface area contributed by atoms with Gasteiger partial charge in [-0.1, -0.05) is 24.0 Å². The van der Waals surface area contributed by atoms with Crippen LogP contribution in [0, 0.1) is 18.6 Å². The van der Waals surface area contributed by atoms with E-state index in [-0.39, 0.29) is 35.3 Å². The Hall–Kier alpha value is -2.38. The quantitative estimate of drug-likeness (QED) is 0.540. The summed E-state index contributed by atoms with van der Waals surface area (Å²) < 4.78 is 45.2. The van der Waals surface area contributed by atoms with Gasteiger partial charge in [0.05, 0.1) is 29.3 Å². The van der Waals surface area contributed by atoms with Crippen LogP contribution >= 0.6 is 18.8 Å². The van der Waals surface area contributed by atoms with Gasteiger partial charge < -0.3 is 24.3 Å². The molecule has 2 aromatic heterocycles. The monoisotopic (exact) mass is 480 g/mol. The summed E-state index contributed by atoms with van der Waals surface area (Å²) in [4.78, 5) is 7.61. The van der Waals surface area contributed by atoms with Crippen LogP contribution in [0.4, 0.5) is 8.78 Å². The summed E-state index contributed by atoms with van der Waals surface area (Å²) in [7, 11) is -0.722. The predicted octanol–water partition coefficient (Wildman–Crippen LogP) is 3.99. The fourth-order valence-corrected chi connectivity index (χ4v) is 6.31. The molecule has 1 fully saturated rings. The number of ether oxygens (including phenoxy) is 3. The molecule has 0 saturated carbocycles. The number of aromatic nitrogens is 2. The van der Waals surface area contributed by atoms with Crippen LogP contribution in [0.3, 0.4) is 0 Å². The molecular formula is C22H20ClF2N2O4P. The van der Waals surface area contributed by atoms with Gasteiger partial charge in [0.25, 0.3) is 0 Å². The van der Waals surface area contributed by atoms with Crippen molar-refractivity contribution in [3.63, 3.8) is 0 Å². The van der Waals surface area contributed by atoms with E-state index in [1.54, 1.807) is 6.07 Å². The fraction of sp³-hybridized carbons (Fsp3) is 0.318. The van der Waals surface area contributed by atoms with Crippen molar-refractivity contribution in [2.24, 2.45) is 0 Å². The molecule has 32 heavy (non-hydrogen) atoms. The number of fused-ring (bicyclic) bond motifs is 2. The Kier molecular flexibility index (Phi) is 5.50. The van der Waals surface area contributed by atoms with Crippen LogP contribution in [-0.4, -0.2) is 57.7 Å². The topological polar surface area (TPSA) is 76.6 Å². The minimum absolute atomic E-state index is 0.0642. The van der Waals surface area contributed by atoms with E-state index in [0.717, 1.165) is 23.0 Å². The molecule has 4 atom stereocenters. The Balaban J connectivity index is 1.41. The number of nitrogens with zero attached hydrogens (tertiary/aromatic N) is 1. The lowest BCUT2D eigenvalue weighted by atomic mass is 10.1. The number of aromatic amines is 1. The number of aliphatic hydroxyl groups excluding tert-OH is 1. The number of hydrogen-bond acceptors (Lipinski definition) is 5. The Labute approximate surface area is 188 Å². The van der Waals surface area contributed by atoms with Crippen molar-refractivity contribution in [2.75, 3.05) is 12.8 Å². The predicted molar refractivity (Wildman–Crippen MR) is 121 cm³/mol. The van der Waals surface area contributed by atoms with Crippen molar-refractivity contribution in [1.29, 1.82) is 0 Å². The van der Waals surface area contributed by atoms with Gasteiger partial charge in [-0.15, -0.1) is 7.17 Å². The third-order valence-electron chi connectivity index (χ3n) is 5.73. The first-order valence-electron chi connectivity index (χ1n) is 9.99. The van der Waals surface area contributed by atoms with Crippen LogP contribution in [-0.2, 0) is 11.3 Å². The van der Waals surface area contributed by atoms with E-state index in [1.165, 1.54) is 6.07 Å². The van der Waals surface area contributed by atoms with E-state index in [0.29, 0.717) is 29.7 Å². The number of aryl methyl sites for hydroxylation is 1. The molecule has 0 amide bonds. The Morgan fingerprint density at radius 1 is 1.38 bits per heavy atom. The first-order valence-corrected chi connectivity index (χ1v) is 12.1. The smallest absolute Gasteiger partial charge is 0.233 e. The summed E-state index contributed by atoms with van der Waals surface area (Å²) in [6.07, 6.45) is 3.62. The highest BCUT2D eigenvalue weighted by Gasteiger charge is 2.42. The van der Waals surface area contributed by atoms with Crippen LogP contribution in [0.2, 0.25) is 5.02 Å². The van der Waals surface area contributed by atoms with Gasteiger partial charge in [-0.2, -0.15) is 0 Å². The SMILES string of the molecule is C=P1=C2[C@H](Oc3[nH]c4cc(Cl)c(OCc5c(F)cccc5F)nc4c3C)CO[C@@H]2[C@H](O)C1. The Morgan fingerprint density at radius 3 is 2.88 bits per heavy atom. The fourth-order valence-electron chi connectivity index (χ4n) is 4.11. The summed E-state index contributed by atoms with van der Waals surface area (Å²) in [5.74, 6) is -0.831. The van der Waals surface area contributed by atoms with Crippen molar-refractivity contribution in [3.8, 4) is 11.8 Å². The maximum absolute atomic E-state index is 13.9. The molecule has 4 heterocycles. The molecule has 2 aliphatic rings. The van der Waals surface area contributed by atoms with Gasteiger partial charge in [-0.25, -0.2) is 13.8 Å². The first-order chi connectivity index (χ1) is 15.3. The van der Waals surface area contributed by atoms with Gasteiger partial charge in [0, 0.05) is 17.0 Å². The normalized spacial score (nSPS) is 23.7. The zero-order valence-corrected chi connectivity index (χ0v) is 18.7. The number of hydrogen-bond donors (Lipinski definition) is 2. The molecule has 0 spiro atoms. The minimum Gasteiger partial charge on any atom is -0.471 e. The summed E-state index contributed by atoms with van der Waals surface area (Å²) in [6, 6.07) is 5.24. The number of nitrogens with one attached hydrogen (secondary N) is 1. The van der Waals surface area contributed by atoms with Crippen LogP contribution in [0.5, 0.6) is 11.8 Å². The lowest BCUT2D eigenvalue weighted by Gasteiger charge is -2.13. The van der Waals surface area contributed by atoms with Crippen molar-refractivity contribution < 1.29 is 28.1 Å². The first kappa shape index (κ1) is 21.5. The van der Waals surface area contributed by atoms with Gasteiger partial charge in [0.15, 0.2) is 12.0 Å². The maximum Gasteiger partial charge on any atom is 0.233 e. The summed E-state index contributed by atoms with van der Waals surface area (Å²) >= 11 is 6.30. The number of aliphatic hydroxyl groups is 1. The second kappa shape index (κ2) is 8.19. The molecule has 2 N–H and O–H groups in total. The molecule has 3 aromatic rings. The highest BCUT2D eigenvalue weighted by Crippen LogP contribution is 2.37. The highest BCUT2D eigenvalue weighted by molar-refractivity contribution is 7.58. The standard InChI is InChI=1S/C22H20ClF2N2O4P/c1-10-18-15(26-21(10)31-17-8-29-19-16(28)9-32(2)20(17)19)6-12(23)22(27-18)30-7-11-13(24)4-3-5-14(11)25/h3-6,16-17,19,26,28H,2,7-9H2,1H3/t16-,17-,19-/m1/s1. The van der Waals surface area contributed by atoms with E-state index < -0.39 is 24.9 Å². The molecule has 0 aliphatic carbocycles. The van der Waals surface area contributed by atoms with E-state index in [9.17, 15) is 13.9 Å². The van der Waals surface area contributed by atoms with E-state index in [2.05, 4.69) is 16.3 Å². The third kappa shape index (κ3) is 3.61. The second-order valence-corrected chi connectivity index (χ2v) is 10.2. The minimum atomic E-state index is -0.722. The highest BCUT2D eigenvalue weighted by atomic mass is 35.5. The van der Waals surface area contributed by atoms with Crippen LogP contribution in [0.25, 0.3) is 11.0 Å². The van der Waals surface area contributed by atoms with Crippen molar-refractivity contribution >= 4 is 41.4 Å². The third-order valence-corrected chi connectivity index (χ3v) is 8.09. The van der Waals surface area contributed by atoms with Gasteiger partial charge in [-0.05, 0) is 25.1 Å². The molecule has 1 unspecified atom stereocenters. The van der Waals surface area contributed by atoms with E-state index >= 15 is 0 Å². The van der Waals surface area contributed by atoms with Crippen LogP contribution < -0.4 is 9.47 Å². The molecule has 5 rings (SSSR count). The lowest BCUT2D eigenvalue weighted by molar-refractivity contribution is 0.0248. The average Bonchev–Trinajstić information content (AvgIpc) is 3.38. The lowest BCUT2D eigenvalue weighted by Crippen LogP contribution is -2.31. The van der Waals surface area contributed by atoms with E-state index in [4.69, 9.17) is 25.8 Å². The molecule has 0 radical (unpaired) electrons. The molecule has 6 nitrogen and oxygen atoms in total. The zero-order chi connectivity index (χ0) is 22.6. The van der Waals surface area contributed by atoms with Crippen LogP contribution in [0.1, 0.15) is 11.1 Å². The number of H-pyrrole nitrogens is 1. The summed E-state index contributed by atoms with van der Waals surface area (Å²) in [6.45, 7) is 1.83. The van der Waals surface area contributed by atoms with Gasteiger partial charge in [0.1, 0.15) is 29.4 Å². The molecule has 168 valence electrons. The zero-order valence-electron chi connectivity index (χ0n) is 17.1. The van der Waals surface area contributed by atoms with Gasteiger partial charge >= 0.3 is 0 Å². The number of halogens is 3.